The Kier molecular flexibility index (Phi) is 2.98. The molecule has 1 heterocycles. The van der Waals surface area contributed by atoms with Crippen LogP contribution >= 0.6 is 15.9 Å². The Morgan fingerprint density at radius 2 is 2.05 bits per heavy atom. The molecule has 102 valence electrons. The first-order valence-corrected chi connectivity index (χ1v) is 7.39. The Morgan fingerprint density at radius 3 is 2.47 bits per heavy atom. The smallest absolute Gasteiger partial charge is 0.310 e. The van der Waals surface area contributed by atoms with Crippen molar-refractivity contribution in [3.05, 3.63) is 33.8 Å². The third-order valence-electron chi connectivity index (χ3n) is 4.94. The quantitative estimate of drug-likeness (QED) is 0.928. The van der Waals surface area contributed by atoms with Crippen LogP contribution in [0.1, 0.15) is 30.4 Å². The van der Waals surface area contributed by atoms with Gasteiger partial charge in [-0.2, -0.15) is 0 Å². The molecule has 0 radical (unpaired) electrons. The zero-order valence-electron chi connectivity index (χ0n) is 10.9. The molecular formula is C15H17BrO3. The van der Waals surface area contributed by atoms with E-state index in [4.69, 9.17) is 4.74 Å². The third kappa shape index (κ3) is 1.62. The number of aliphatic carboxylic acids is 1. The Bertz CT molecular complexity index is 530. The zero-order chi connectivity index (χ0) is 13.7. The Hall–Kier alpha value is -0.870. The molecule has 2 fully saturated rings. The van der Waals surface area contributed by atoms with Gasteiger partial charge in [-0.1, -0.05) is 28.4 Å². The highest BCUT2D eigenvalue weighted by atomic mass is 79.9. The summed E-state index contributed by atoms with van der Waals surface area (Å²) in [6.07, 6.45) is 2.52. The number of carboxylic acid groups (broad SMARTS) is 1. The molecule has 0 atom stereocenters. The van der Waals surface area contributed by atoms with Gasteiger partial charge in [0.25, 0.3) is 0 Å². The fourth-order valence-electron chi connectivity index (χ4n) is 3.53. The van der Waals surface area contributed by atoms with Crippen LogP contribution in [0, 0.1) is 12.3 Å². The number of hydrogen-bond acceptors (Lipinski definition) is 2. The van der Waals surface area contributed by atoms with Gasteiger partial charge < -0.3 is 9.84 Å². The lowest BCUT2D eigenvalue weighted by atomic mass is 9.49. The van der Waals surface area contributed by atoms with Crippen molar-refractivity contribution in [3.63, 3.8) is 0 Å². The molecule has 2 aliphatic rings. The first-order valence-electron chi connectivity index (χ1n) is 6.60. The normalized spacial score (nSPS) is 23.3. The molecule has 4 heteroatoms. The maximum atomic E-state index is 11.8. The molecule has 0 spiro atoms. The maximum absolute atomic E-state index is 11.8. The maximum Gasteiger partial charge on any atom is 0.310 e. The lowest BCUT2D eigenvalue weighted by molar-refractivity contribution is -0.192. The van der Waals surface area contributed by atoms with Crippen molar-refractivity contribution in [2.45, 2.75) is 31.6 Å². The number of ether oxygens (including phenoxy) is 1. The number of benzene rings is 1. The van der Waals surface area contributed by atoms with Crippen molar-refractivity contribution in [1.82, 2.24) is 0 Å². The summed E-state index contributed by atoms with van der Waals surface area (Å²) < 4.78 is 6.44. The molecule has 19 heavy (non-hydrogen) atoms. The predicted molar refractivity (Wildman–Crippen MR) is 75.3 cm³/mol. The van der Waals surface area contributed by atoms with Gasteiger partial charge in [0.15, 0.2) is 0 Å². The van der Waals surface area contributed by atoms with Gasteiger partial charge >= 0.3 is 5.97 Å². The zero-order valence-corrected chi connectivity index (χ0v) is 12.5. The van der Waals surface area contributed by atoms with E-state index in [-0.39, 0.29) is 5.41 Å². The summed E-state index contributed by atoms with van der Waals surface area (Å²) in [5, 5.41) is 9.74. The highest BCUT2D eigenvalue weighted by Gasteiger charge is 2.64. The minimum atomic E-state index is -0.665. The van der Waals surface area contributed by atoms with Gasteiger partial charge in [-0.25, -0.2) is 0 Å². The second-order valence-corrected chi connectivity index (χ2v) is 6.69. The summed E-state index contributed by atoms with van der Waals surface area (Å²) in [7, 11) is 0. The molecule has 1 saturated heterocycles. The van der Waals surface area contributed by atoms with E-state index in [9.17, 15) is 9.90 Å². The predicted octanol–water partition coefficient (Wildman–Crippen LogP) is 3.28. The molecule has 3 rings (SSSR count). The fourth-order valence-corrected chi connectivity index (χ4v) is 3.89. The van der Waals surface area contributed by atoms with Gasteiger partial charge in [0, 0.05) is 4.47 Å². The molecule has 0 bridgehead atoms. The van der Waals surface area contributed by atoms with Crippen LogP contribution < -0.4 is 0 Å². The summed E-state index contributed by atoms with van der Waals surface area (Å²) >= 11 is 3.50. The van der Waals surface area contributed by atoms with E-state index in [0.717, 1.165) is 34.9 Å². The van der Waals surface area contributed by atoms with Crippen LogP contribution in [0.4, 0.5) is 0 Å². The summed E-state index contributed by atoms with van der Waals surface area (Å²) in [5.41, 5.74) is 1.32. The SMILES string of the molecule is Cc1ccc(Br)cc1C1(C2(C(=O)O)CCC2)COC1. The fraction of sp³-hybridized carbons (Fsp3) is 0.533. The molecular weight excluding hydrogens is 308 g/mol. The van der Waals surface area contributed by atoms with Crippen LogP contribution in [-0.4, -0.2) is 24.3 Å². The highest BCUT2D eigenvalue weighted by molar-refractivity contribution is 9.10. The Morgan fingerprint density at radius 1 is 1.37 bits per heavy atom. The number of carbonyl (C=O) groups is 1. The average molecular weight is 325 g/mol. The van der Waals surface area contributed by atoms with Gasteiger partial charge in [-0.15, -0.1) is 0 Å². The monoisotopic (exact) mass is 324 g/mol. The number of carboxylic acids is 1. The van der Waals surface area contributed by atoms with Crippen molar-refractivity contribution >= 4 is 21.9 Å². The van der Waals surface area contributed by atoms with Crippen LogP contribution in [0.2, 0.25) is 0 Å². The third-order valence-corrected chi connectivity index (χ3v) is 5.44. The lowest BCUT2D eigenvalue weighted by Gasteiger charge is -2.58. The van der Waals surface area contributed by atoms with Gasteiger partial charge in [0.2, 0.25) is 0 Å². The van der Waals surface area contributed by atoms with E-state index >= 15 is 0 Å². The summed E-state index contributed by atoms with van der Waals surface area (Å²) in [6, 6.07) is 6.12. The minimum absolute atomic E-state index is 0.342. The molecule has 1 saturated carbocycles. The van der Waals surface area contributed by atoms with E-state index in [0.29, 0.717) is 13.2 Å². The molecule has 1 aliphatic carbocycles. The van der Waals surface area contributed by atoms with E-state index < -0.39 is 11.4 Å². The van der Waals surface area contributed by atoms with Crippen LogP contribution in [0.3, 0.4) is 0 Å². The number of halogens is 1. The number of rotatable bonds is 3. The highest BCUT2D eigenvalue weighted by Crippen LogP contribution is 2.59. The molecule has 1 aromatic carbocycles. The summed E-state index contributed by atoms with van der Waals surface area (Å²) in [6.45, 7) is 3.10. The van der Waals surface area contributed by atoms with Crippen LogP contribution in [0.25, 0.3) is 0 Å². The van der Waals surface area contributed by atoms with Gasteiger partial charge in [-0.3, -0.25) is 4.79 Å². The van der Waals surface area contributed by atoms with Crippen LogP contribution in [0.15, 0.2) is 22.7 Å². The first-order chi connectivity index (χ1) is 9.02. The largest absolute Gasteiger partial charge is 0.481 e. The number of aryl methyl sites for hydroxylation is 1. The lowest BCUT2D eigenvalue weighted by Crippen LogP contribution is -2.65. The van der Waals surface area contributed by atoms with Crippen LogP contribution in [0.5, 0.6) is 0 Å². The number of hydrogen-bond donors (Lipinski definition) is 1. The van der Waals surface area contributed by atoms with Gasteiger partial charge in [0.1, 0.15) is 0 Å². The van der Waals surface area contributed by atoms with Crippen molar-refractivity contribution in [2.24, 2.45) is 5.41 Å². The molecule has 0 unspecified atom stereocenters. The summed E-state index contributed by atoms with van der Waals surface area (Å²) in [4.78, 5) is 11.8. The van der Waals surface area contributed by atoms with Gasteiger partial charge in [0.05, 0.1) is 24.0 Å². The van der Waals surface area contributed by atoms with Crippen molar-refractivity contribution in [1.29, 1.82) is 0 Å². The van der Waals surface area contributed by atoms with E-state index in [1.807, 2.05) is 12.1 Å². The average Bonchev–Trinajstić information content (AvgIpc) is 2.24. The molecule has 1 N–H and O–H groups in total. The van der Waals surface area contributed by atoms with Crippen molar-refractivity contribution < 1.29 is 14.6 Å². The standard InChI is InChI=1S/C15H17BrO3/c1-10-3-4-11(16)7-12(10)15(8-19-9-15)14(13(17)18)5-2-6-14/h3-4,7H,2,5-6,8-9H2,1H3,(H,17,18). The first kappa shape index (κ1) is 13.1. The Balaban J connectivity index is 2.13. The minimum Gasteiger partial charge on any atom is -0.481 e. The van der Waals surface area contributed by atoms with Crippen molar-refractivity contribution in [3.8, 4) is 0 Å². The Labute approximate surface area is 121 Å². The molecule has 1 aromatic rings. The van der Waals surface area contributed by atoms with E-state index in [1.54, 1.807) is 0 Å². The van der Waals surface area contributed by atoms with E-state index in [2.05, 4.69) is 28.9 Å². The summed E-state index contributed by atoms with van der Waals surface area (Å²) in [5.74, 6) is -0.665. The topological polar surface area (TPSA) is 46.5 Å². The second-order valence-electron chi connectivity index (χ2n) is 5.77. The molecule has 3 nitrogen and oxygen atoms in total. The van der Waals surface area contributed by atoms with Gasteiger partial charge in [-0.05, 0) is 43.0 Å². The van der Waals surface area contributed by atoms with E-state index in [1.165, 1.54) is 0 Å². The molecule has 1 aliphatic heterocycles. The van der Waals surface area contributed by atoms with Crippen molar-refractivity contribution in [2.75, 3.05) is 13.2 Å². The molecule has 0 amide bonds. The van der Waals surface area contributed by atoms with Crippen LogP contribution in [-0.2, 0) is 14.9 Å². The molecule has 0 aromatic heterocycles. The second kappa shape index (κ2) is 4.32.